The Bertz CT molecular complexity index is 572. The first kappa shape index (κ1) is 18.0. The number of amides is 2. The summed E-state index contributed by atoms with van der Waals surface area (Å²) < 4.78 is 11.5. The maximum atomic E-state index is 12.9. The van der Waals surface area contributed by atoms with Crippen LogP contribution in [0.3, 0.4) is 0 Å². The Kier molecular flexibility index (Phi) is 5.32. The molecule has 0 bridgehead atoms. The van der Waals surface area contributed by atoms with Crippen molar-refractivity contribution in [1.82, 2.24) is 9.80 Å². The van der Waals surface area contributed by atoms with Crippen molar-refractivity contribution in [2.45, 2.75) is 57.2 Å². The summed E-state index contributed by atoms with van der Waals surface area (Å²) in [4.78, 5) is 29.0. The van der Waals surface area contributed by atoms with Crippen molar-refractivity contribution in [2.75, 3.05) is 39.4 Å². The molecule has 0 saturated carbocycles. The molecular weight excluding hydrogens is 332 g/mol. The molecule has 3 saturated heterocycles. The molecule has 4 aliphatic rings. The number of likely N-dealkylation sites (tertiary alicyclic amines) is 2. The molecule has 0 radical (unpaired) electrons. The minimum Gasteiger partial charge on any atom is -0.347 e. The van der Waals surface area contributed by atoms with Crippen molar-refractivity contribution in [2.24, 2.45) is 5.92 Å². The largest absolute Gasteiger partial charge is 0.347 e. The number of carbonyl (C=O) groups is 2. The third-order valence-electron chi connectivity index (χ3n) is 6.30. The van der Waals surface area contributed by atoms with Crippen molar-refractivity contribution in [3.8, 4) is 0 Å². The molecular formula is C20H30N2O4. The fourth-order valence-corrected chi connectivity index (χ4v) is 4.68. The molecule has 1 unspecified atom stereocenters. The summed E-state index contributed by atoms with van der Waals surface area (Å²) in [6.07, 6.45) is 10.0. The van der Waals surface area contributed by atoms with E-state index in [1.807, 2.05) is 9.80 Å². The Morgan fingerprint density at radius 2 is 1.96 bits per heavy atom. The third kappa shape index (κ3) is 3.81. The summed E-state index contributed by atoms with van der Waals surface area (Å²) in [5.41, 5.74) is 1.48. The summed E-state index contributed by atoms with van der Waals surface area (Å²) in [7, 11) is 0. The first-order chi connectivity index (χ1) is 12.7. The standard InChI is InChI=1S/C20H30N2O4/c23-18-14-17(15-22(18)9-6-16-4-2-1-3-5-16)19(24)21-10-7-20(8-11-21)25-12-13-26-20/h4,17H,1-3,5-15H2. The molecule has 26 heavy (non-hydrogen) atoms. The minimum atomic E-state index is -0.456. The topological polar surface area (TPSA) is 59.1 Å². The molecule has 1 aliphatic carbocycles. The molecule has 0 aromatic carbocycles. The van der Waals surface area contributed by atoms with Gasteiger partial charge in [-0.15, -0.1) is 0 Å². The van der Waals surface area contributed by atoms with Crippen molar-refractivity contribution >= 4 is 11.8 Å². The van der Waals surface area contributed by atoms with E-state index in [4.69, 9.17) is 9.47 Å². The average Bonchev–Trinajstić information content (AvgIpc) is 3.28. The van der Waals surface area contributed by atoms with E-state index >= 15 is 0 Å². The van der Waals surface area contributed by atoms with Gasteiger partial charge in [0.15, 0.2) is 5.79 Å². The van der Waals surface area contributed by atoms with Crippen molar-refractivity contribution < 1.29 is 19.1 Å². The van der Waals surface area contributed by atoms with E-state index in [0.29, 0.717) is 39.3 Å². The number of hydrogen-bond donors (Lipinski definition) is 0. The monoisotopic (exact) mass is 362 g/mol. The van der Waals surface area contributed by atoms with Crippen LogP contribution in [0.5, 0.6) is 0 Å². The van der Waals surface area contributed by atoms with Gasteiger partial charge >= 0.3 is 0 Å². The Balaban J connectivity index is 1.26. The first-order valence-electron chi connectivity index (χ1n) is 10.2. The highest BCUT2D eigenvalue weighted by atomic mass is 16.7. The molecule has 1 atom stereocenters. The molecule has 3 fully saturated rings. The maximum Gasteiger partial charge on any atom is 0.228 e. The predicted molar refractivity (Wildman–Crippen MR) is 96.3 cm³/mol. The van der Waals surface area contributed by atoms with Crippen LogP contribution < -0.4 is 0 Å². The molecule has 144 valence electrons. The second-order valence-electron chi connectivity index (χ2n) is 8.03. The molecule has 4 rings (SSSR count). The molecule has 2 amide bonds. The van der Waals surface area contributed by atoms with Crippen molar-refractivity contribution in [3.63, 3.8) is 0 Å². The van der Waals surface area contributed by atoms with Gasteiger partial charge in [0.25, 0.3) is 0 Å². The lowest BCUT2D eigenvalue weighted by Crippen LogP contribution is -2.49. The summed E-state index contributed by atoms with van der Waals surface area (Å²) in [5, 5.41) is 0. The van der Waals surface area contributed by atoms with Crippen LogP contribution in [0, 0.1) is 5.92 Å². The zero-order valence-corrected chi connectivity index (χ0v) is 15.6. The highest BCUT2D eigenvalue weighted by molar-refractivity contribution is 5.89. The fourth-order valence-electron chi connectivity index (χ4n) is 4.68. The SMILES string of the molecule is O=C1CC(C(=O)N2CCC3(CC2)OCCO3)CN1CCC1=CCCCC1. The summed E-state index contributed by atoms with van der Waals surface area (Å²) in [6.45, 7) is 3.97. The Labute approximate surface area is 155 Å². The maximum absolute atomic E-state index is 12.9. The summed E-state index contributed by atoms with van der Waals surface area (Å²) in [6, 6.07) is 0. The molecule has 0 N–H and O–H groups in total. The van der Waals surface area contributed by atoms with E-state index in [9.17, 15) is 9.59 Å². The van der Waals surface area contributed by atoms with Gasteiger partial charge in [0, 0.05) is 45.4 Å². The van der Waals surface area contributed by atoms with Gasteiger partial charge in [0.2, 0.25) is 11.8 Å². The highest BCUT2D eigenvalue weighted by Gasteiger charge is 2.43. The van der Waals surface area contributed by atoms with Gasteiger partial charge in [0.1, 0.15) is 0 Å². The fraction of sp³-hybridized carbons (Fsp3) is 0.800. The Morgan fingerprint density at radius 1 is 1.19 bits per heavy atom. The second kappa shape index (κ2) is 7.69. The number of ether oxygens (including phenoxy) is 2. The quantitative estimate of drug-likeness (QED) is 0.719. The van der Waals surface area contributed by atoms with E-state index in [1.165, 1.54) is 31.3 Å². The number of allylic oxidation sites excluding steroid dienone is 1. The van der Waals surface area contributed by atoms with Crippen LogP contribution in [0.1, 0.15) is 51.4 Å². The van der Waals surface area contributed by atoms with Crippen molar-refractivity contribution in [3.05, 3.63) is 11.6 Å². The van der Waals surface area contributed by atoms with Crippen LogP contribution in [0.4, 0.5) is 0 Å². The van der Waals surface area contributed by atoms with Gasteiger partial charge in [0.05, 0.1) is 19.1 Å². The molecule has 6 nitrogen and oxygen atoms in total. The number of nitrogens with zero attached hydrogens (tertiary/aromatic N) is 2. The first-order valence-corrected chi connectivity index (χ1v) is 10.2. The highest BCUT2D eigenvalue weighted by Crippen LogP contribution is 2.32. The normalized spacial score (nSPS) is 28.7. The Hall–Kier alpha value is -1.40. The van der Waals surface area contributed by atoms with E-state index in [1.54, 1.807) is 0 Å². The van der Waals surface area contributed by atoms with Crippen LogP contribution in [0.25, 0.3) is 0 Å². The van der Waals surface area contributed by atoms with Crippen LogP contribution in [0.2, 0.25) is 0 Å². The van der Waals surface area contributed by atoms with E-state index < -0.39 is 5.79 Å². The smallest absolute Gasteiger partial charge is 0.228 e. The summed E-state index contributed by atoms with van der Waals surface area (Å²) in [5.74, 6) is -0.370. The van der Waals surface area contributed by atoms with Gasteiger partial charge in [-0.05, 0) is 32.1 Å². The number of carbonyl (C=O) groups excluding carboxylic acids is 2. The molecule has 0 aromatic rings. The predicted octanol–water partition coefficient (Wildman–Crippen LogP) is 2.09. The molecule has 6 heteroatoms. The van der Waals surface area contributed by atoms with Gasteiger partial charge in [-0.3, -0.25) is 9.59 Å². The van der Waals surface area contributed by atoms with Gasteiger partial charge in [-0.25, -0.2) is 0 Å². The lowest BCUT2D eigenvalue weighted by Gasteiger charge is -2.38. The van der Waals surface area contributed by atoms with Crippen molar-refractivity contribution in [1.29, 1.82) is 0 Å². The van der Waals surface area contributed by atoms with Gasteiger partial charge in [-0.1, -0.05) is 11.6 Å². The number of piperidine rings is 1. The van der Waals surface area contributed by atoms with Crippen LogP contribution >= 0.6 is 0 Å². The average molecular weight is 362 g/mol. The van der Waals surface area contributed by atoms with E-state index in [2.05, 4.69) is 6.08 Å². The second-order valence-corrected chi connectivity index (χ2v) is 8.03. The van der Waals surface area contributed by atoms with Crippen LogP contribution in [-0.2, 0) is 19.1 Å². The van der Waals surface area contributed by atoms with Crippen LogP contribution in [-0.4, -0.2) is 66.8 Å². The molecule has 3 aliphatic heterocycles. The molecule has 1 spiro atoms. The minimum absolute atomic E-state index is 0.130. The number of hydrogen-bond acceptors (Lipinski definition) is 4. The molecule has 0 aromatic heterocycles. The zero-order chi connectivity index (χ0) is 18.0. The molecule has 3 heterocycles. The van der Waals surface area contributed by atoms with E-state index in [-0.39, 0.29) is 17.7 Å². The Morgan fingerprint density at radius 3 is 2.65 bits per heavy atom. The lowest BCUT2D eigenvalue weighted by molar-refractivity contribution is -0.188. The number of rotatable bonds is 4. The lowest BCUT2D eigenvalue weighted by atomic mass is 9.97. The van der Waals surface area contributed by atoms with Crippen LogP contribution in [0.15, 0.2) is 11.6 Å². The van der Waals surface area contributed by atoms with Gasteiger partial charge in [-0.2, -0.15) is 0 Å². The zero-order valence-electron chi connectivity index (χ0n) is 15.6. The summed E-state index contributed by atoms with van der Waals surface area (Å²) >= 11 is 0. The third-order valence-corrected chi connectivity index (χ3v) is 6.30. The van der Waals surface area contributed by atoms with Gasteiger partial charge < -0.3 is 19.3 Å². The van der Waals surface area contributed by atoms with E-state index in [0.717, 1.165) is 25.8 Å².